The van der Waals surface area contributed by atoms with E-state index >= 15 is 0 Å². The highest BCUT2D eigenvalue weighted by atomic mass is 15.1. The Morgan fingerprint density at radius 3 is 2.65 bits per heavy atom. The van der Waals surface area contributed by atoms with Crippen molar-refractivity contribution >= 4 is 22.7 Å². The van der Waals surface area contributed by atoms with Gasteiger partial charge in [0.2, 0.25) is 5.95 Å². The average Bonchev–Trinajstić information content (AvgIpc) is 2.40. The molecule has 1 N–H and O–H groups in total. The predicted octanol–water partition coefficient (Wildman–Crippen LogP) is 2.77. The summed E-state index contributed by atoms with van der Waals surface area (Å²) >= 11 is 0. The Kier molecular flexibility index (Phi) is 2.38. The van der Waals surface area contributed by atoms with Crippen LogP contribution >= 0.6 is 0 Å². The molecule has 82 valence electrons. The van der Waals surface area contributed by atoms with Gasteiger partial charge < -0.3 is 5.32 Å². The van der Waals surface area contributed by atoms with Gasteiger partial charge in [0.1, 0.15) is 5.82 Å². The summed E-state index contributed by atoms with van der Waals surface area (Å²) < 4.78 is 0. The summed E-state index contributed by atoms with van der Waals surface area (Å²) in [5, 5.41) is 4.09. The molecule has 4 heteroatoms. The summed E-state index contributed by atoms with van der Waals surface area (Å²) in [5.41, 5.74) is 0.918. The minimum atomic E-state index is 0.558. The maximum Gasteiger partial charge on any atom is 0.228 e. The van der Waals surface area contributed by atoms with E-state index in [-0.39, 0.29) is 0 Å². The molecular formula is C13H10N4. The van der Waals surface area contributed by atoms with E-state index < -0.39 is 0 Å². The molecule has 17 heavy (non-hydrogen) atoms. The topological polar surface area (TPSA) is 50.7 Å². The number of nitrogens with one attached hydrogen (secondary N) is 1. The molecule has 0 amide bonds. The van der Waals surface area contributed by atoms with E-state index in [1.54, 1.807) is 12.4 Å². The van der Waals surface area contributed by atoms with Gasteiger partial charge in [-0.05, 0) is 18.2 Å². The molecule has 0 saturated carbocycles. The summed E-state index contributed by atoms with van der Waals surface area (Å²) in [7, 11) is 0. The van der Waals surface area contributed by atoms with Gasteiger partial charge in [-0.15, -0.1) is 0 Å². The van der Waals surface area contributed by atoms with Gasteiger partial charge in [0.15, 0.2) is 0 Å². The Morgan fingerprint density at radius 1 is 0.882 bits per heavy atom. The zero-order chi connectivity index (χ0) is 11.5. The fourth-order valence-electron chi connectivity index (χ4n) is 1.58. The normalized spacial score (nSPS) is 10.4. The highest BCUT2D eigenvalue weighted by Gasteiger charge is 1.99. The van der Waals surface area contributed by atoms with E-state index in [1.165, 1.54) is 0 Å². The first-order valence-corrected chi connectivity index (χ1v) is 5.32. The summed E-state index contributed by atoms with van der Waals surface area (Å²) in [6.07, 6.45) is 3.52. The predicted molar refractivity (Wildman–Crippen MR) is 67.1 cm³/mol. The van der Waals surface area contributed by atoms with Crippen molar-refractivity contribution < 1.29 is 0 Å². The third kappa shape index (κ3) is 2.06. The molecule has 0 saturated heterocycles. The number of pyridine rings is 1. The van der Waals surface area contributed by atoms with Gasteiger partial charge in [-0.1, -0.05) is 24.3 Å². The average molecular weight is 222 g/mol. The monoisotopic (exact) mass is 222 g/mol. The minimum Gasteiger partial charge on any atom is -0.309 e. The van der Waals surface area contributed by atoms with E-state index in [1.807, 2.05) is 42.5 Å². The molecule has 2 aromatic heterocycles. The van der Waals surface area contributed by atoms with Gasteiger partial charge in [0, 0.05) is 17.8 Å². The molecule has 0 aliphatic rings. The molecule has 2 heterocycles. The second-order valence-corrected chi connectivity index (χ2v) is 3.59. The Hall–Kier alpha value is -2.49. The number of fused-ring (bicyclic) bond motifs is 1. The number of hydrogen-bond acceptors (Lipinski definition) is 4. The van der Waals surface area contributed by atoms with Gasteiger partial charge in [0.05, 0.1) is 5.52 Å². The third-order valence-electron chi connectivity index (χ3n) is 2.39. The molecule has 0 aliphatic carbocycles. The van der Waals surface area contributed by atoms with Gasteiger partial charge >= 0.3 is 0 Å². The van der Waals surface area contributed by atoms with Crippen molar-refractivity contribution in [3.8, 4) is 0 Å². The van der Waals surface area contributed by atoms with Crippen LogP contribution in [0.1, 0.15) is 0 Å². The first kappa shape index (κ1) is 9.72. The molecule has 4 nitrogen and oxygen atoms in total. The van der Waals surface area contributed by atoms with Crippen LogP contribution in [0.5, 0.6) is 0 Å². The van der Waals surface area contributed by atoms with Crippen molar-refractivity contribution in [1.29, 1.82) is 0 Å². The lowest BCUT2D eigenvalue weighted by molar-refractivity contribution is 1.19. The standard InChI is InChI=1S/C13H10N4/c1-2-6-11-10(5-1)9-15-13(16-11)17-12-7-3-4-8-14-12/h1-9H,(H,14,15,16,17). The lowest BCUT2D eigenvalue weighted by Gasteiger charge is -2.04. The molecule has 3 aromatic rings. The van der Waals surface area contributed by atoms with E-state index in [4.69, 9.17) is 0 Å². The summed E-state index contributed by atoms with van der Waals surface area (Å²) in [6.45, 7) is 0. The summed E-state index contributed by atoms with van der Waals surface area (Å²) in [6, 6.07) is 13.5. The number of aromatic nitrogens is 3. The number of para-hydroxylation sites is 1. The molecule has 0 fully saturated rings. The van der Waals surface area contributed by atoms with Crippen molar-refractivity contribution in [3.63, 3.8) is 0 Å². The highest BCUT2D eigenvalue weighted by Crippen LogP contribution is 2.14. The molecule has 0 bridgehead atoms. The first-order valence-electron chi connectivity index (χ1n) is 5.32. The Balaban J connectivity index is 1.96. The largest absolute Gasteiger partial charge is 0.309 e. The van der Waals surface area contributed by atoms with E-state index in [0.29, 0.717) is 5.95 Å². The number of nitrogens with zero attached hydrogens (tertiary/aromatic N) is 3. The lowest BCUT2D eigenvalue weighted by Crippen LogP contribution is -1.98. The van der Waals surface area contributed by atoms with E-state index in [9.17, 15) is 0 Å². The maximum absolute atomic E-state index is 4.41. The molecular weight excluding hydrogens is 212 g/mol. The third-order valence-corrected chi connectivity index (χ3v) is 2.39. The second-order valence-electron chi connectivity index (χ2n) is 3.59. The van der Waals surface area contributed by atoms with Crippen molar-refractivity contribution in [2.75, 3.05) is 5.32 Å². The zero-order valence-electron chi connectivity index (χ0n) is 9.04. The zero-order valence-corrected chi connectivity index (χ0v) is 9.04. The van der Waals surface area contributed by atoms with Gasteiger partial charge in [0.25, 0.3) is 0 Å². The smallest absolute Gasteiger partial charge is 0.228 e. The minimum absolute atomic E-state index is 0.558. The number of benzene rings is 1. The van der Waals surface area contributed by atoms with Crippen molar-refractivity contribution in [2.24, 2.45) is 0 Å². The fourth-order valence-corrected chi connectivity index (χ4v) is 1.58. The highest BCUT2D eigenvalue weighted by molar-refractivity contribution is 5.78. The molecule has 3 rings (SSSR count). The van der Waals surface area contributed by atoms with E-state index in [0.717, 1.165) is 16.7 Å². The SMILES string of the molecule is c1ccc(Nc2ncc3ccccc3n2)nc1. The molecule has 0 unspecified atom stereocenters. The van der Waals surface area contributed by atoms with Crippen LogP contribution in [-0.4, -0.2) is 15.0 Å². The van der Waals surface area contributed by atoms with Crippen LogP contribution in [0.3, 0.4) is 0 Å². The Labute approximate surface area is 98.4 Å². The van der Waals surface area contributed by atoms with Crippen LogP contribution in [0, 0.1) is 0 Å². The van der Waals surface area contributed by atoms with Crippen LogP contribution in [0.4, 0.5) is 11.8 Å². The molecule has 0 atom stereocenters. The van der Waals surface area contributed by atoms with Crippen molar-refractivity contribution in [3.05, 3.63) is 54.9 Å². The molecule has 1 aromatic carbocycles. The Morgan fingerprint density at radius 2 is 1.76 bits per heavy atom. The van der Waals surface area contributed by atoms with Gasteiger partial charge in [-0.3, -0.25) is 0 Å². The second kappa shape index (κ2) is 4.17. The van der Waals surface area contributed by atoms with Crippen LogP contribution in [0.2, 0.25) is 0 Å². The summed E-state index contributed by atoms with van der Waals surface area (Å²) in [4.78, 5) is 12.8. The van der Waals surface area contributed by atoms with Crippen LogP contribution in [-0.2, 0) is 0 Å². The maximum atomic E-state index is 4.41. The number of anilines is 2. The molecule has 0 radical (unpaired) electrons. The van der Waals surface area contributed by atoms with Gasteiger partial charge in [-0.2, -0.15) is 0 Å². The van der Waals surface area contributed by atoms with Gasteiger partial charge in [-0.25, -0.2) is 15.0 Å². The number of hydrogen-bond donors (Lipinski definition) is 1. The summed E-state index contributed by atoms with van der Waals surface area (Å²) in [5.74, 6) is 1.30. The molecule has 0 spiro atoms. The van der Waals surface area contributed by atoms with Crippen LogP contribution in [0.25, 0.3) is 10.9 Å². The fraction of sp³-hybridized carbons (Fsp3) is 0. The van der Waals surface area contributed by atoms with E-state index in [2.05, 4.69) is 20.3 Å². The molecule has 0 aliphatic heterocycles. The lowest BCUT2D eigenvalue weighted by atomic mass is 10.2. The first-order chi connectivity index (χ1) is 8.42. The number of rotatable bonds is 2. The van der Waals surface area contributed by atoms with Crippen LogP contribution in [0.15, 0.2) is 54.9 Å². The van der Waals surface area contributed by atoms with Crippen molar-refractivity contribution in [1.82, 2.24) is 15.0 Å². The Bertz CT molecular complexity index is 637. The van der Waals surface area contributed by atoms with Crippen LogP contribution < -0.4 is 5.32 Å². The van der Waals surface area contributed by atoms with Crippen molar-refractivity contribution in [2.45, 2.75) is 0 Å². The quantitative estimate of drug-likeness (QED) is 0.724.